The highest BCUT2D eigenvalue weighted by Crippen LogP contribution is 2.27. The summed E-state index contributed by atoms with van der Waals surface area (Å²) in [4.78, 5) is 17.0. The Morgan fingerprint density at radius 1 is 1.14 bits per heavy atom. The van der Waals surface area contributed by atoms with Gasteiger partial charge in [-0.25, -0.2) is 8.42 Å². The third kappa shape index (κ3) is 6.19. The zero-order valence-electron chi connectivity index (χ0n) is 19.4. The lowest BCUT2D eigenvalue weighted by Crippen LogP contribution is -2.35. The predicted octanol–water partition coefficient (Wildman–Crippen LogP) is 3.82. The summed E-state index contributed by atoms with van der Waals surface area (Å²) in [7, 11) is -2.06. The number of benzene rings is 2. The average molecular weight is 519 g/mol. The number of aryl methyl sites for hydroxylation is 1. The van der Waals surface area contributed by atoms with E-state index < -0.39 is 10.0 Å². The summed E-state index contributed by atoms with van der Waals surface area (Å²) in [6.07, 6.45) is 3.23. The molecular weight excluding hydrogens is 492 g/mol. The number of ether oxygens (including phenoxy) is 1. The first-order chi connectivity index (χ1) is 16.9. The third-order valence-corrected chi connectivity index (χ3v) is 7.98. The second kappa shape index (κ2) is 11.2. The van der Waals surface area contributed by atoms with Crippen molar-refractivity contribution in [1.82, 2.24) is 19.8 Å². The van der Waals surface area contributed by atoms with Crippen LogP contribution in [0.5, 0.6) is 5.75 Å². The van der Waals surface area contributed by atoms with Crippen LogP contribution in [-0.2, 0) is 27.8 Å². The highest BCUT2D eigenvalue weighted by atomic mass is 35.5. The molecule has 1 aromatic heterocycles. The number of methoxy groups -OCH3 is 1. The number of nitrogens with zero attached hydrogens (tertiary/aromatic N) is 3. The van der Waals surface area contributed by atoms with Crippen LogP contribution in [0.1, 0.15) is 37.1 Å². The van der Waals surface area contributed by atoms with Gasteiger partial charge in [-0.3, -0.25) is 4.79 Å². The molecule has 4 rings (SSSR count). The molecule has 186 valence electrons. The Bertz CT molecular complexity index is 1270. The van der Waals surface area contributed by atoms with Gasteiger partial charge < -0.3 is 14.6 Å². The minimum Gasteiger partial charge on any atom is -0.496 e. The highest BCUT2D eigenvalue weighted by molar-refractivity contribution is 7.89. The fourth-order valence-corrected chi connectivity index (χ4v) is 5.61. The van der Waals surface area contributed by atoms with Crippen LogP contribution in [0.2, 0.25) is 5.02 Å². The molecule has 1 saturated heterocycles. The minimum absolute atomic E-state index is 0.0833. The number of hydrogen-bond donors (Lipinski definition) is 1. The summed E-state index contributed by atoms with van der Waals surface area (Å²) in [6.45, 7) is 1.14. The van der Waals surface area contributed by atoms with E-state index in [1.807, 2.05) is 0 Å². The van der Waals surface area contributed by atoms with Crippen molar-refractivity contribution in [2.24, 2.45) is 0 Å². The van der Waals surface area contributed by atoms with Crippen molar-refractivity contribution < 1.29 is 22.5 Å². The quantitative estimate of drug-likeness (QED) is 0.458. The molecule has 11 heteroatoms. The summed E-state index contributed by atoms with van der Waals surface area (Å²) < 4.78 is 38.2. The predicted molar refractivity (Wildman–Crippen MR) is 131 cm³/mol. The number of halogens is 1. The molecule has 2 heterocycles. The van der Waals surface area contributed by atoms with E-state index in [2.05, 4.69) is 15.5 Å². The Kier molecular flexibility index (Phi) is 8.04. The van der Waals surface area contributed by atoms with Crippen LogP contribution >= 0.6 is 11.6 Å². The van der Waals surface area contributed by atoms with Crippen molar-refractivity contribution in [1.29, 1.82) is 0 Å². The number of sulfonamides is 1. The van der Waals surface area contributed by atoms with Crippen LogP contribution in [0, 0.1) is 0 Å². The molecule has 1 aliphatic rings. The van der Waals surface area contributed by atoms with Gasteiger partial charge in [-0.05, 0) is 67.3 Å². The number of nitrogens with one attached hydrogen (secondary N) is 1. The Morgan fingerprint density at radius 2 is 1.89 bits per heavy atom. The zero-order chi connectivity index (χ0) is 24.8. The molecule has 35 heavy (non-hydrogen) atoms. The van der Waals surface area contributed by atoms with Crippen LogP contribution < -0.4 is 10.1 Å². The van der Waals surface area contributed by atoms with E-state index in [-0.39, 0.29) is 29.7 Å². The molecule has 1 aliphatic heterocycles. The topological polar surface area (TPSA) is 115 Å². The first-order valence-electron chi connectivity index (χ1n) is 11.4. The Labute approximate surface area is 209 Å². The fraction of sp³-hybridized carbons (Fsp3) is 0.375. The number of amides is 1. The Balaban J connectivity index is 1.36. The molecule has 0 spiro atoms. The van der Waals surface area contributed by atoms with E-state index in [1.54, 1.807) is 42.5 Å². The van der Waals surface area contributed by atoms with Crippen molar-refractivity contribution in [2.75, 3.05) is 20.2 Å². The third-order valence-electron chi connectivity index (χ3n) is 5.83. The highest BCUT2D eigenvalue weighted by Gasteiger charge is 2.26. The number of carbonyl (C=O) groups excluding carboxylic acids is 1. The van der Waals surface area contributed by atoms with Gasteiger partial charge in [0.1, 0.15) is 5.75 Å². The maximum absolute atomic E-state index is 13.0. The largest absolute Gasteiger partial charge is 0.496 e. The second-order valence-corrected chi connectivity index (χ2v) is 10.6. The van der Waals surface area contributed by atoms with E-state index >= 15 is 0 Å². The number of piperidine rings is 1. The maximum atomic E-state index is 13.0. The van der Waals surface area contributed by atoms with E-state index in [0.717, 1.165) is 24.8 Å². The molecule has 1 amide bonds. The van der Waals surface area contributed by atoms with E-state index in [4.69, 9.17) is 20.9 Å². The Hall–Kier alpha value is -2.95. The van der Waals surface area contributed by atoms with Gasteiger partial charge in [-0.1, -0.05) is 23.2 Å². The summed E-state index contributed by atoms with van der Waals surface area (Å²) in [5.41, 5.74) is 1.41. The van der Waals surface area contributed by atoms with Gasteiger partial charge in [0, 0.05) is 30.1 Å². The number of carbonyl (C=O) groups is 1. The number of aromatic nitrogens is 2. The van der Waals surface area contributed by atoms with Crippen molar-refractivity contribution >= 4 is 27.5 Å². The van der Waals surface area contributed by atoms with Gasteiger partial charge in [0.2, 0.25) is 27.6 Å². The summed E-state index contributed by atoms with van der Waals surface area (Å²) >= 11 is 5.90. The fourth-order valence-electron chi connectivity index (χ4n) is 3.92. The standard InChI is InChI=1S/C24H27ClN4O5S/c1-33-21-11-10-20(35(31,32)29-13-3-2-4-14-29)15-18(21)7-12-22(30)26-16-23-27-24(28-34-23)17-5-8-19(25)9-6-17/h5-6,8-11,15H,2-4,7,12-14,16H2,1H3,(H,26,30). The molecule has 0 bridgehead atoms. The summed E-state index contributed by atoms with van der Waals surface area (Å²) in [5, 5.41) is 7.28. The molecule has 1 fully saturated rings. The van der Waals surface area contributed by atoms with Crippen LogP contribution in [0.3, 0.4) is 0 Å². The minimum atomic E-state index is -3.58. The monoisotopic (exact) mass is 518 g/mol. The van der Waals surface area contributed by atoms with Crippen LogP contribution in [-0.4, -0.2) is 49.0 Å². The SMILES string of the molecule is COc1ccc(S(=O)(=O)N2CCCCC2)cc1CCC(=O)NCc1nc(-c2ccc(Cl)cc2)no1. The molecule has 0 atom stereocenters. The lowest BCUT2D eigenvalue weighted by atomic mass is 10.1. The lowest BCUT2D eigenvalue weighted by Gasteiger charge is -2.26. The van der Waals surface area contributed by atoms with Crippen LogP contribution in [0.15, 0.2) is 51.9 Å². The molecule has 0 saturated carbocycles. The van der Waals surface area contributed by atoms with Crippen LogP contribution in [0.25, 0.3) is 11.4 Å². The van der Waals surface area contributed by atoms with Crippen molar-refractivity contribution in [3.63, 3.8) is 0 Å². The maximum Gasteiger partial charge on any atom is 0.246 e. The first kappa shape index (κ1) is 25.2. The smallest absolute Gasteiger partial charge is 0.246 e. The molecule has 0 aliphatic carbocycles. The van der Waals surface area contributed by atoms with E-state index in [0.29, 0.717) is 41.7 Å². The van der Waals surface area contributed by atoms with Gasteiger partial charge in [0.25, 0.3) is 0 Å². The Morgan fingerprint density at radius 3 is 2.60 bits per heavy atom. The second-order valence-electron chi connectivity index (χ2n) is 8.23. The summed E-state index contributed by atoms with van der Waals surface area (Å²) in [5.74, 6) is 0.986. The van der Waals surface area contributed by atoms with E-state index in [9.17, 15) is 13.2 Å². The van der Waals surface area contributed by atoms with Gasteiger partial charge >= 0.3 is 0 Å². The first-order valence-corrected chi connectivity index (χ1v) is 13.2. The molecule has 0 radical (unpaired) electrons. The zero-order valence-corrected chi connectivity index (χ0v) is 20.9. The molecule has 9 nitrogen and oxygen atoms in total. The molecule has 1 N–H and O–H groups in total. The van der Waals surface area contributed by atoms with Crippen molar-refractivity contribution in [3.05, 3.63) is 58.9 Å². The average Bonchev–Trinajstić information content (AvgIpc) is 3.36. The van der Waals surface area contributed by atoms with Crippen molar-refractivity contribution in [3.8, 4) is 17.1 Å². The summed E-state index contributed by atoms with van der Waals surface area (Å²) in [6, 6.07) is 11.8. The van der Waals surface area contributed by atoms with Crippen LogP contribution in [0.4, 0.5) is 0 Å². The van der Waals surface area contributed by atoms with Gasteiger partial charge in [0.15, 0.2) is 0 Å². The molecule has 0 unspecified atom stereocenters. The molecular formula is C24H27ClN4O5S. The number of rotatable bonds is 9. The van der Waals surface area contributed by atoms with Gasteiger partial charge in [-0.15, -0.1) is 0 Å². The molecule has 2 aromatic carbocycles. The number of hydrogen-bond acceptors (Lipinski definition) is 7. The lowest BCUT2D eigenvalue weighted by molar-refractivity contribution is -0.121. The van der Waals surface area contributed by atoms with Gasteiger partial charge in [-0.2, -0.15) is 9.29 Å². The van der Waals surface area contributed by atoms with E-state index in [1.165, 1.54) is 11.4 Å². The molecule has 3 aromatic rings. The normalized spacial score (nSPS) is 14.6. The van der Waals surface area contributed by atoms with Crippen molar-refractivity contribution in [2.45, 2.75) is 43.5 Å². The van der Waals surface area contributed by atoms with Gasteiger partial charge in [0.05, 0.1) is 18.6 Å².